The molecule has 2 rings (SSSR count). The molecule has 9 heteroatoms. The summed E-state index contributed by atoms with van der Waals surface area (Å²) in [6, 6.07) is 7.91. The molecule has 3 N–H and O–H groups in total. The van der Waals surface area contributed by atoms with Crippen molar-refractivity contribution in [1.29, 1.82) is 0 Å². The molecule has 0 saturated carbocycles. The van der Waals surface area contributed by atoms with Crippen LogP contribution in [0.5, 0.6) is 0 Å². The van der Waals surface area contributed by atoms with Gasteiger partial charge >= 0.3 is 0 Å². The molecular formula is C15H20ClIN4O3. The molecule has 0 aliphatic carbocycles. The molecule has 1 aliphatic heterocycles. The first-order chi connectivity index (χ1) is 11.0. The maximum Gasteiger partial charge on any atom is 0.239 e. The molecule has 0 aromatic heterocycles. The highest BCUT2D eigenvalue weighted by molar-refractivity contribution is 14.1. The van der Waals surface area contributed by atoms with Crippen LogP contribution in [0.3, 0.4) is 0 Å². The Kier molecular flexibility index (Phi) is 9.01. The highest BCUT2D eigenvalue weighted by atomic mass is 127. The molecule has 0 radical (unpaired) electrons. The van der Waals surface area contributed by atoms with Gasteiger partial charge in [0.1, 0.15) is 0 Å². The molecule has 1 heterocycles. The largest absolute Gasteiger partial charge is 0.353 e. The summed E-state index contributed by atoms with van der Waals surface area (Å²) in [5.74, 6) is -0.713. The Balaban J connectivity index is 0.00000288. The zero-order valence-electron chi connectivity index (χ0n) is 13.0. The average molecular weight is 467 g/mol. The number of rotatable bonds is 2. The second kappa shape index (κ2) is 10.5. The van der Waals surface area contributed by atoms with Gasteiger partial charge in [0.15, 0.2) is 0 Å². The molecule has 0 unspecified atom stereocenters. The number of hydrogen-bond acceptors (Lipinski definition) is 4. The second-order valence-electron chi connectivity index (χ2n) is 5.25. The second-order valence-corrected chi connectivity index (χ2v) is 6.49. The van der Waals surface area contributed by atoms with Gasteiger partial charge in [0.25, 0.3) is 0 Å². The van der Waals surface area contributed by atoms with Crippen LogP contribution >= 0.6 is 35.0 Å². The van der Waals surface area contributed by atoms with Crippen molar-refractivity contribution in [2.24, 2.45) is 0 Å². The molecule has 1 saturated heterocycles. The van der Waals surface area contributed by atoms with Crippen molar-refractivity contribution in [2.45, 2.75) is 6.54 Å². The molecule has 1 fully saturated rings. The minimum absolute atomic E-state index is 0. The van der Waals surface area contributed by atoms with E-state index in [1.807, 2.05) is 24.3 Å². The quantitative estimate of drug-likeness (QED) is 0.530. The standard InChI is InChI=1S/C15H19IN4O3.ClH/c16-12-3-1-11(2-4-12)8-20-9-14(22)18-6-5-17-13(21)7-19-15(23)10-20;/h1-4H,5-10H2,(H,17,21)(H,18,22)(H,19,23);1H. The minimum Gasteiger partial charge on any atom is -0.353 e. The number of nitrogens with one attached hydrogen (secondary N) is 3. The summed E-state index contributed by atoms with van der Waals surface area (Å²) in [5, 5.41) is 7.91. The number of hydrogen-bond donors (Lipinski definition) is 3. The number of nitrogens with zero attached hydrogens (tertiary/aromatic N) is 1. The highest BCUT2D eigenvalue weighted by Crippen LogP contribution is 2.09. The third-order valence-corrected chi connectivity index (χ3v) is 3.99. The number of carbonyl (C=O) groups excluding carboxylic acids is 3. The van der Waals surface area contributed by atoms with Crippen molar-refractivity contribution in [3.63, 3.8) is 0 Å². The summed E-state index contributed by atoms with van der Waals surface area (Å²) in [6.07, 6.45) is 0. The van der Waals surface area contributed by atoms with Gasteiger partial charge in [-0.3, -0.25) is 19.3 Å². The van der Waals surface area contributed by atoms with Gasteiger partial charge in [-0.25, -0.2) is 0 Å². The van der Waals surface area contributed by atoms with E-state index >= 15 is 0 Å². The van der Waals surface area contributed by atoms with E-state index in [2.05, 4.69) is 38.5 Å². The van der Waals surface area contributed by atoms with E-state index in [4.69, 9.17) is 0 Å². The van der Waals surface area contributed by atoms with E-state index < -0.39 is 0 Å². The summed E-state index contributed by atoms with van der Waals surface area (Å²) in [5.41, 5.74) is 1.02. The van der Waals surface area contributed by atoms with Gasteiger partial charge in [0, 0.05) is 23.2 Å². The van der Waals surface area contributed by atoms with Crippen LogP contribution in [0.4, 0.5) is 0 Å². The summed E-state index contributed by atoms with van der Waals surface area (Å²) in [4.78, 5) is 37.1. The van der Waals surface area contributed by atoms with Gasteiger partial charge in [-0.05, 0) is 40.3 Å². The molecule has 24 heavy (non-hydrogen) atoms. The number of amides is 3. The van der Waals surface area contributed by atoms with Crippen molar-refractivity contribution in [1.82, 2.24) is 20.9 Å². The van der Waals surface area contributed by atoms with Crippen molar-refractivity contribution in [3.05, 3.63) is 33.4 Å². The summed E-state index contributed by atoms with van der Waals surface area (Å²) in [7, 11) is 0. The first-order valence-electron chi connectivity index (χ1n) is 7.30. The Morgan fingerprint density at radius 2 is 1.42 bits per heavy atom. The Morgan fingerprint density at radius 3 is 2.04 bits per heavy atom. The number of benzene rings is 1. The van der Waals surface area contributed by atoms with E-state index in [0.717, 1.165) is 9.13 Å². The van der Waals surface area contributed by atoms with E-state index in [-0.39, 0.29) is 49.8 Å². The molecule has 7 nitrogen and oxygen atoms in total. The summed E-state index contributed by atoms with van der Waals surface area (Å²) >= 11 is 2.22. The fraction of sp³-hybridized carbons (Fsp3) is 0.400. The molecule has 1 aromatic rings. The van der Waals surface area contributed by atoms with Gasteiger partial charge in [-0.15, -0.1) is 12.4 Å². The predicted molar refractivity (Wildman–Crippen MR) is 101 cm³/mol. The van der Waals surface area contributed by atoms with Gasteiger partial charge in [-0.1, -0.05) is 12.1 Å². The molecule has 1 aliphatic rings. The number of halogens is 2. The fourth-order valence-electron chi connectivity index (χ4n) is 2.18. The maximum absolute atomic E-state index is 11.9. The smallest absolute Gasteiger partial charge is 0.239 e. The van der Waals surface area contributed by atoms with Crippen LogP contribution in [0.15, 0.2) is 24.3 Å². The van der Waals surface area contributed by atoms with E-state index in [0.29, 0.717) is 19.6 Å². The normalized spacial score (nSPS) is 17.5. The van der Waals surface area contributed by atoms with E-state index in [1.54, 1.807) is 4.90 Å². The van der Waals surface area contributed by atoms with Gasteiger partial charge < -0.3 is 16.0 Å². The minimum atomic E-state index is -0.279. The summed E-state index contributed by atoms with van der Waals surface area (Å²) in [6.45, 7) is 1.35. The first-order valence-corrected chi connectivity index (χ1v) is 8.38. The zero-order valence-corrected chi connectivity index (χ0v) is 16.0. The predicted octanol–water partition coefficient (Wildman–Crippen LogP) is -0.123. The zero-order chi connectivity index (χ0) is 16.7. The lowest BCUT2D eigenvalue weighted by Crippen LogP contribution is -2.47. The lowest BCUT2D eigenvalue weighted by atomic mass is 10.2. The first kappa shape index (κ1) is 20.7. The molecule has 0 spiro atoms. The Bertz CT molecular complexity index is 583. The topological polar surface area (TPSA) is 90.5 Å². The van der Waals surface area contributed by atoms with Crippen molar-refractivity contribution < 1.29 is 14.4 Å². The third kappa shape index (κ3) is 7.45. The third-order valence-electron chi connectivity index (χ3n) is 3.27. The lowest BCUT2D eigenvalue weighted by Gasteiger charge is -2.22. The van der Waals surface area contributed by atoms with Crippen LogP contribution in [0.25, 0.3) is 0 Å². The lowest BCUT2D eigenvalue weighted by molar-refractivity contribution is -0.128. The van der Waals surface area contributed by atoms with Crippen LogP contribution in [-0.4, -0.2) is 55.3 Å². The van der Waals surface area contributed by atoms with Gasteiger partial charge in [0.2, 0.25) is 17.7 Å². The van der Waals surface area contributed by atoms with Crippen molar-refractivity contribution >= 4 is 52.7 Å². The van der Waals surface area contributed by atoms with Crippen LogP contribution < -0.4 is 16.0 Å². The van der Waals surface area contributed by atoms with Gasteiger partial charge in [0.05, 0.1) is 19.6 Å². The maximum atomic E-state index is 11.9. The molecule has 0 atom stereocenters. The van der Waals surface area contributed by atoms with Crippen LogP contribution in [0, 0.1) is 3.57 Å². The van der Waals surface area contributed by atoms with Crippen LogP contribution in [-0.2, 0) is 20.9 Å². The van der Waals surface area contributed by atoms with Gasteiger partial charge in [-0.2, -0.15) is 0 Å². The average Bonchev–Trinajstić information content (AvgIpc) is 2.51. The SMILES string of the molecule is Cl.O=C1CNC(=O)CN(Cc2ccc(I)cc2)CC(=O)NCCN1. The Hall–Kier alpha value is -1.39. The van der Waals surface area contributed by atoms with E-state index in [9.17, 15) is 14.4 Å². The van der Waals surface area contributed by atoms with Crippen LogP contribution in [0.1, 0.15) is 5.56 Å². The Morgan fingerprint density at radius 1 is 0.875 bits per heavy atom. The van der Waals surface area contributed by atoms with Crippen LogP contribution in [0.2, 0.25) is 0 Å². The molecule has 132 valence electrons. The monoisotopic (exact) mass is 466 g/mol. The molecule has 3 amide bonds. The van der Waals surface area contributed by atoms with Crippen molar-refractivity contribution in [3.8, 4) is 0 Å². The highest BCUT2D eigenvalue weighted by Gasteiger charge is 2.16. The van der Waals surface area contributed by atoms with E-state index in [1.165, 1.54) is 0 Å². The fourth-order valence-corrected chi connectivity index (χ4v) is 2.54. The summed E-state index contributed by atoms with van der Waals surface area (Å²) < 4.78 is 1.13. The molecule has 1 aromatic carbocycles. The molecular weight excluding hydrogens is 447 g/mol. The number of carbonyl (C=O) groups is 3. The van der Waals surface area contributed by atoms with Crippen molar-refractivity contribution in [2.75, 3.05) is 32.7 Å². The Labute approximate surface area is 160 Å². The molecule has 0 bridgehead atoms.